The van der Waals surface area contributed by atoms with Crippen LogP contribution in [0.4, 0.5) is 0 Å². The molecule has 0 aliphatic carbocycles. The third-order valence-electron chi connectivity index (χ3n) is 5.56. The Bertz CT molecular complexity index is 611. The van der Waals surface area contributed by atoms with Crippen LogP contribution in [0, 0.1) is 5.41 Å². The van der Waals surface area contributed by atoms with Crippen LogP contribution in [0.15, 0.2) is 24.3 Å². The predicted octanol–water partition coefficient (Wildman–Crippen LogP) is 0.962. The predicted molar refractivity (Wildman–Crippen MR) is 125 cm³/mol. The lowest BCUT2D eigenvalue weighted by molar-refractivity contribution is -0.694. The summed E-state index contributed by atoms with van der Waals surface area (Å²) in [4.78, 5) is 0. The van der Waals surface area contributed by atoms with Crippen molar-refractivity contribution in [1.29, 1.82) is 0 Å². The smallest absolute Gasteiger partial charge is 0.157 e. The molecule has 0 amide bonds. The van der Waals surface area contributed by atoms with Crippen LogP contribution < -0.4 is 22.5 Å². The lowest BCUT2D eigenvalue weighted by Gasteiger charge is -2.34. The fourth-order valence-electron chi connectivity index (χ4n) is 3.54. The van der Waals surface area contributed by atoms with Crippen molar-refractivity contribution in [3.8, 4) is 5.75 Å². The van der Waals surface area contributed by atoms with E-state index in [1.807, 2.05) is 24.3 Å². The molecule has 7 heteroatoms. The minimum Gasteiger partial charge on any atom is -1.00 e. The van der Waals surface area contributed by atoms with Crippen molar-refractivity contribution in [2.24, 2.45) is 5.41 Å². The van der Waals surface area contributed by atoms with Gasteiger partial charge in [0.25, 0.3) is 0 Å². The van der Waals surface area contributed by atoms with Gasteiger partial charge in [-0.2, -0.15) is 0 Å². The normalized spacial score (nSPS) is 18.8. The van der Waals surface area contributed by atoms with Crippen LogP contribution in [0.3, 0.4) is 0 Å². The van der Waals surface area contributed by atoms with Gasteiger partial charge in [0.15, 0.2) is 6.29 Å². The summed E-state index contributed by atoms with van der Waals surface area (Å²) in [5, 5.41) is 12.9. The van der Waals surface area contributed by atoms with Crippen LogP contribution in [-0.2, 0) is 9.47 Å². The molecule has 2 atom stereocenters. The summed E-state index contributed by atoms with van der Waals surface area (Å²) in [6.45, 7) is 16.8. The number of quaternary nitrogens is 1. The quantitative estimate of drug-likeness (QED) is 0.350. The first kappa shape index (κ1) is 28.4. The molecule has 2 rings (SSSR count). The molecule has 1 heterocycles. The summed E-state index contributed by atoms with van der Waals surface area (Å²) in [6, 6.07) is 9.29. The van der Waals surface area contributed by atoms with Crippen LogP contribution in [0.2, 0.25) is 25.7 Å². The van der Waals surface area contributed by atoms with Gasteiger partial charge in [0.05, 0.1) is 26.4 Å². The Labute approximate surface area is 196 Å². The average Bonchev–Trinajstić information content (AvgIpc) is 2.68. The van der Waals surface area contributed by atoms with E-state index in [0.717, 1.165) is 56.9 Å². The van der Waals surface area contributed by atoms with Gasteiger partial charge in [0.2, 0.25) is 0 Å². The molecule has 1 aliphatic heterocycles. The first-order chi connectivity index (χ1) is 14.1. The maximum Gasteiger partial charge on any atom is 0.157 e. The van der Waals surface area contributed by atoms with Gasteiger partial charge in [0.1, 0.15) is 17.9 Å². The second-order valence-corrected chi connectivity index (χ2v) is 16.4. The Morgan fingerprint density at radius 1 is 1.13 bits per heavy atom. The topological polar surface area (TPSA) is 64.5 Å². The summed E-state index contributed by atoms with van der Waals surface area (Å²) in [6.07, 6.45) is 2.45. The summed E-state index contributed by atoms with van der Waals surface area (Å²) < 4.78 is 17.4. The minimum absolute atomic E-state index is 0. The van der Waals surface area contributed by atoms with Gasteiger partial charge in [-0.15, -0.1) is 0 Å². The number of hydrogen-bond donors (Lipinski definition) is 2. The van der Waals surface area contributed by atoms with Gasteiger partial charge in [-0.1, -0.05) is 51.7 Å². The highest BCUT2D eigenvalue weighted by Gasteiger charge is 2.28. The number of benzene rings is 1. The van der Waals surface area contributed by atoms with E-state index in [1.165, 1.54) is 6.04 Å². The minimum atomic E-state index is -0.992. The molecule has 1 saturated heterocycles. The van der Waals surface area contributed by atoms with Gasteiger partial charge in [-0.3, -0.25) is 0 Å². The molecule has 0 spiro atoms. The number of ether oxygens (including phenoxy) is 3. The maximum absolute atomic E-state index is 10.7. The zero-order chi connectivity index (χ0) is 22.2. The highest BCUT2D eigenvalue weighted by molar-refractivity contribution is 6.76. The van der Waals surface area contributed by atoms with E-state index < -0.39 is 14.2 Å². The molecule has 1 fully saturated rings. The molecule has 1 aliphatic rings. The second-order valence-electron chi connectivity index (χ2n) is 10.8. The standard InChI is InChI=1S/C24H43NO4Si.ClH/c1-19(25-14-7-9-22-28-17-24(2,3)18-29-22)23(26)20-10-12-21(13-11-20)27-15-8-16-30(4,5)6;/h10-13,19,22-23,25-26H,7-9,14-18H2,1-6H3;1H. The van der Waals surface area contributed by atoms with Gasteiger partial charge in [-0.05, 0) is 31.0 Å². The zero-order valence-electron chi connectivity index (χ0n) is 20.3. The molecule has 2 unspecified atom stereocenters. The van der Waals surface area contributed by atoms with Crippen molar-refractivity contribution >= 4 is 8.07 Å². The summed E-state index contributed by atoms with van der Waals surface area (Å²) in [5.41, 5.74) is 1.06. The number of rotatable bonds is 12. The molecule has 1 aromatic rings. The summed E-state index contributed by atoms with van der Waals surface area (Å²) in [7, 11) is -0.992. The Morgan fingerprint density at radius 2 is 1.74 bits per heavy atom. The highest BCUT2D eigenvalue weighted by Crippen LogP contribution is 2.24. The molecule has 0 aromatic heterocycles. The molecular weight excluding hydrogens is 430 g/mol. The summed E-state index contributed by atoms with van der Waals surface area (Å²) >= 11 is 0. The number of aliphatic hydroxyl groups is 1. The van der Waals surface area contributed by atoms with Crippen LogP contribution in [0.25, 0.3) is 0 Å². The lowest BCUT2D eigenvalue weighted by atomic mass is 9.95. The van der Waals surface area contributed by atoms with Gasteiger partial charge < -0.3 is 37.0 Å². The van der Waals surface area contributed by atoms with Crippen LogP contribution >= 0.6 is 0 Å². The largest absolute Gasteiger partial charge is 1.00 e. The third kappa shape index (κ3) is 11.2. The highest BCUT2D eigenvalue weighted by atomic mass is 35.5. The van der Waals surface area contributed by atoms with Crippen molar-refractivity contribution in [2.45, 2.75) is 84.2 Å². The van der Waals surface area contributed by atoms with E-state index in [4.69, 9.17) is 14.2 Å². The molecular formula is C24H44ClNO4Si. The van der Waals surface area contributed by atoms with E-state index >= 15 is 0 Å². The van der Waals surface area contributed by atoms with Gasteiger partial charge >= 0.3 is 0 Å². The molecule has 180 valence electrons. The van der Waals surface area contributed by atoms with Crippen LogP contribution in [-0.4, -0.2) is 51.9 Å². The summed E-state index contributed by atoms with van der Waals surface area (Å²) in [5.74, 6) is 0.883. The monoisotopic (exact) mass is 473 g/mol. The van der Waals surface area contributed by atoms with Crippen molar-refractivity contribution in [3.05, 3.63) is 29.8 Å². The average molecular weight is 474 g/mol. The van der Waals surface area contributed by atoms with Crippen molar-refractivity contribution in [3.63, 3.8) is 0 Å². The van der Waals surface area contributed by atoms with Crippen molar-refractivity contribution < 1.29 is 37.0 Å². The SMILES string of the molecule is CC([NH2+]CCCC1OCC(C)(C)CO1)C(O)c1ccc(OCCC[Si](C)(C)C)cc1.[Cl-]. The zero-order valence-corrected chi connectivity index (χ0v) is 22.1. The second kappa shape index (κ2) is 13.2. The molecule has 5 nitrogen and oxygen atoms in total. The van der Waals surface area contributed by atoms with Crippen LogP contribution in [0.1, 0.15) is 51.7 Å². The first-order valence-corrected chi connectivity index (χ1v) is 15.2. The van der Waals surface area contributed by atoms with E-state index in [1.54, 1.807) is 0 Å². The number of nitrogens with two attached hydrogens (primary N) is 1. The Hall–Kier alpha value is -0.633. The van der Waals surface area contributed by atoms with E-state index in [-0.39, 0.29) is 30.2 Å². The Balaban J connectivity index is 0.00000480. The lowest BCUT2D eigenvalue weighted by Crippen LogP contribution is -3.00. The van der Waals surface area contributed by atoms with Gasteiger partial charge in [-0.25, -0.2) is 0 Å². The van der Waals surface area contributed by atoms with Crippen molar-refractivity contribution in [2.75, 3.05) is 26.4 Å². The number of halogens is 1. The fraction of sp³-hybridized carbons (Fsp3) is 0.750. The maximum atomic E-state index is 10.7. The van der Waals surface area contributed by atoms with E-state index in [0.29, 0.717) is 0 Å². The van der Waals surface area contributed by atoms with E-state index in [9.17, 15) is 5.11 Å². The number of aliphatic hydroxyl groups excluding tert-OH is 1. The fourth-order valence-corrected chi connectivity index (χ4v) is 4.75. The molecule has 0 bridgehead atoms. The molecule has 3 N–H and O–H groups in total. The van der Waals surface area contributed by atoms with Crippen LogP contribution in [0.5, 0.6) is 5.75 Å². The first-order valence-electron chi connectivity index (χ1n) is 11.5. The molecule has 31 heavy (non-hydrogen) atoms. The number of hydrogen-bond acceptors (Lipinski definition) is 4. The van der Waals surface area contributed by atoms with Crippen molar-refractivity contribution in [1.82, 2.24) is 0 Å². The van der Waals surface area contributed by atoms with E-state index in [2.05, 4.69) is 45.7 Å². The van der Waals surface area contributed by atoms with Gasteiger partial charge in [0, 0.05) is 26.3 Å². The molecule has 0 saturated carbocycles. The third-order valence-corrected chi connectivity index (χ3v) is 7.42. The Morgan fingerprint density at radius 3 is 2.32 bits per heavy atom. The molecule has 0 radical (unpaired) electrons. The molecule has 1 aromatic carbocycles. The Kier molecular flexibility index (Phi) is 12.1.